The minimum atomic E-state index is -0.592. The van der Waals surface area contributed by atoms with Gasteiger partial charge in [-0.15, -0.1) is 16.9 Å². The zero-order valence-electron chi connectivity index (χ0n) is 21.2. The Morgan fingerprint density at radius 1 is 1.00 bits per heavy atom. The van der Waals surface area contributed by atoms with Crippen molar-refractivity contribution in [2.45, 2.75) is 55.9 Å². The van der Waals surface area contributed by atoms with Gasteiger partial charge in [-0.25, -0.2) is 4.68 Å². The van der Waals surface area contributed by atoms with E-state index in [0.717, 1.165) is 28.9 Å². The van der Waals surface area contributed by atoms with Gasteiger partial charge in [0, 0.05) is 22.5 Å². The third kappa shape index (κ3) is 5.74. The van der Waals surface area contributed by atoms with Crippen molar-refractivity contribution in [3.05, 3.63) is 83.4 Å². The molecular formula is C29H30N4O3S. The highest BCUT2D eigenvalue weighted by molar-refractivity contribution is 8.00. The summed E-state index contributed by atoms with van der Waals surface area (Å²) in [6.07, 6.45) is 5.22. The Kier molecular flexibility index (Phi) is 7.11. The van der Waals surface area contributed by atoms with Gasteiger partial charge in [0.25, 0.3) is 5.56 Å². The smallest absolute Gasteiger partial charge is 0.310 e. The van der Waals surface area contributed by atoms with E-state index in [-0.39, 0.29) is 28.6 Å². The lowest BCUT2D eigenvalue weighted by Crippen LogP contribution is -2.37. The van der Waals surface area contributed by atoms with Crippen LogP contribution in [0, 0.1) is 11.8 Å². The lowest BCUT2D eigenvalue weighted by Gasteiger charge is -2.28. The van der Waals surface area contributed by atoms with E-state index < -0.39 is 5.60 Å². The fourth-order valence-corrected chi connectivity index (χ4v) is 6.28. The lowest BCUT2D eigenvalue weighted by molar-refractivity contribution is -0.161. The average molecular weight is 515 g/mol. The number of fused-ring (bicyclic) bond motifs is 1. The summed E-state index contributed by atoms with van der Waals surface area (Å²) in [7, 11) is 0. The fraction of sp³-hybridized carbons (Fsp3) is 0.345. The number of carbonyl (C=O) groups excluding carboxylic acids is 1. The summed E-state index contributed by atoms with van der Waals surface area (Å²) in [6, 6.07) is 19.5. The molecule has 0 N–H and O–H groups in total. The van der Waals surface area contributed by atoms with E-state index in [1.807, 2.05) is 45.0 Å². The van der Waals surface area contributed by atoms with E-state index in [2.05, 4.69) is 39.6 Å². The number of pyridine rings is 1. The number of esters is 1. The highest BCUT2D eigenvalue weighted by Gasteiger charge is 2.44. The predicted molar refractivity (Wildman–Crippen MR) is 145 cm³/mol. The van der Waals surface area contributed by atoms with Crippen LogP contribution in [-0.2, 0) is 16.1 Å². The van der Waals surface area contributed by atoms with Gasteiger partial charge < -0.3 is 4.74 Å². The number of aromatic nitrogens is 4. The van der Waals surface area contributed by atoms with Gasteiger partial charge in [0.15, 0.2) is 0 Å². The summed E-state index contributed by atoms with van der Waals surface area (Å²) in [6.45, 7) is 5.98. The minimum Gasteiger partial charge on any atom is -0.460 e. The summed E-state index contributed by atoms with van der Waals surface area (Å²) < 4.78 is 7.26. The van der Waals surface area contributed by atoms with Crippen LogP contribution in [0.1, 0.15) is 33.6 Å². The van der Waals surface area contributed by atoms with Crippen LogP contribution in [0.5, 0.6) is 0 Å². The number of hydrogen-bond acceptors (Lipinski definition) is 7. The van der Waals surface area contributed by atoms with Crippen LogP contribution in [0.25, 0.3) is 22.0 Å². The second-order valence-corrected chi connectivity index (χ2v) is 11.7. The minimum absolute atomic E-state index is 0.0377. The third-order valence-electron chi connectivity index (χ3n) is 6.60. The molecule has 0 amide bonds. The summed E-state index contributed by atoms with van der Waals surface area (Å²) in [5.41, 5.74) is 2.03. The van der Waals surface area contributed by atoms with E-state index in [9.17, 15) is 9.59 Å². The topological polar surface area (TPSA) is 87.0 Å². The number of hydrogen-bond donors (Lipinski definition) is 0. The van der Waals surface area contributed by atoms with E-state index in [4.69, 9.17) is 4.74 Å². The van der Waals surface area contributed by atoms with Crippen molar-refractivity contribution in [3.8, 4) is 11.1 Å². The summed E-state index contributed by atoms with van der Waals surface area (Å²) in [5.74, 6) is -0.649. The van der Waals surface area contributed by atoms with E-state index in [1.54, 1.807) is 36.3 Å². The first-order valence-corrected chi connectivity index (χ1v) is 13.4. The maximum atomic E-state index is 13.4. The van der Waals surface area contributed by atoms with Crippen molar-refractivity contribution in [2.75, 3.05) is 0 Å². The van der Waals surface area contributed by atoms with Crippen molar-refractivity contribution in [1.29, 1.82) is 0 Å². The Balaban J connectivity index is 1.38. The first-order chi connectivity index (χ1) is 17.8. The standard InChI is InChI=1S/C29H30N4O3S/c1-29(2,3)36-28(35)26-21(18-33-27(34)23-6-4-5-7-24(23)31-32-33)10-13-25(26)37-22-11-8-19(9-12-22)20-14-16-30-17-15-20/h4-9,11-12,14-17,21,25-26H,10,13,18H2,1-3H3/t21-,25-,26-/m0/s1. The Labute approximate surface area is 220 Å². The molecule has 8 heteroatoms. The van der Waals surface area contributed by atoms with Gasteiger partial charge in [-0.1, -0.05) is 29.5 Å². The molecule has 2 aromatic heterocycles. The number of ether oxygens (including phenoxy) is 1. The Hall–Kier alpha value is -3.52. The maximum absolute atomic E-state index is 13.4. The molecule has 1 aliphatic carbocycles. The highest BCUT2D eigenvalue weighted by atomic mass is 32.2. The maximum Gasteiger partial charge on any atom is 0.310 e. The molecule has 4 aromatic rings. The molecular weight excluding hydrogens is 484 g/mol. The third-order valence-corrected chi connectivity index (χ3v) is 7.98. The molecule has 0 spiro atoms. The molecule has 1 saturated carbocycles. The summed E-state index contributed by atoms with van der Waals surface area (Å²) >= 11 is 1.70. The van der Waals surface area contributed by atoms with Crippen molar-refractivity contribution in [2.24, 2.45) is 11.8 Å². The van der Waals surface area contributed by atoms with E-state index >= 15 is 0 Å². The summed E-state index contributed by atoms with van der Waals surface area (Å²) in [5, 5.41) is 8.97. The Morgan fingerprint density at radius 3 is 2.43 bits per heavy atom. The van der Waals surface area contributed by atoms with Gasteiger partial charge in [-0.05, 0) is 87.1 Å². The number of benzene rings is 2. The quantitative estimate of drug-likeness (QED) is 0.319. The number of rotatable bonds is 6. The number of carbonyl (C=O) groups is 1. The normalized spacial score (nSPS) is 19.7. The second kappa shape index (κ2) is 10.5. The predicted octanol–water partition coefficient (Wildman–Crippen LogP) is 5.38. The number of thioether (sulfide) groups is 1. The molecule has 2 aromatic carbocycles. The molecule has 0 aliphatic heterocycles. The molecule has 3 atom stereocenters. The van der Waals surface area contributed by atoms with Gasteiger partial charge in [0.2, 0.25) is 0 Å². The largest absolute Gasteiger partial charge is 0.460 e. The summed E-state index contributed by atoms with van der Waals surface area (Å²) in [4.78, 5) is 31.7. The van der Waals surface area contributed by atoms with Crippen LogP contribution in [0.15, 0.2) is 82.7 Å². The van der Waals surface area contributed by atoms with Crippen molar-refractivity contribution in [3.63, 3.8) is 0 Å². The molecule has 7 nitrogen and oxygen atoms in total. The molecule has 1 fully saturated rings. The fourth-order valence-electron chi connectivity index (χ4n) is 4.90. The lowest BCUT2D eigenvalue weighted by atomic mass is 9.95. The average Bonchev–Trinajstić information content (AvgIpc) is 3.28. The van der Waals surface area contributed by atoms with Gasteiger partial charge in [0.05, 0.1) is 17.8 Å². The van der Waals surface area contributed by atoms with Crippen LogP contribution < -0.4 is 5.56 Å². The monoisotopic (exact) mass is 514 g/mol. The van der Waals surface area contributed by atoms with Crippen molar-refractivity contribution >= 4 is 28.6 Å². The molecule has 1 aliphatic rings. The highest BCUT2D eigenvalue weighted by Crippen LogP contribution is 2.44. The zero-order valence-corrected chi connectivity index (χ0v) is 22.0. The second-order valence-electron chi connectivity index (χ2n) is 10.4. The van der Waals surface area contributed by atoms with Crippen molar-refractivity contribution < 1.29 is 9.53 Å². The van der Waals surface area contributed by atoms with Crippen LogP contribution in [-0.4, -0.2) is 36.8 Å². The molecule has 0 unspecified atom stereocenters. The molecule has 0 saturated heterocycles. The van der Waals surface area contributed by atoms with Crippen LogP contribution in [0.4, 0.5) is 0 Å². The number of nitrogens with zero attached hydrogens (tertiary/aromatic N) is 4. The van der Waals surface area contributed by atoms with Crippen LogP contribution in [0.2, 0.25) is 0 Å². The molecule has 0 radical (unpaired) electrons. The van der Waals surface area contributed by atoms with Crippen LogP contribution >= 0.6 is 11.8 Å². The van der Waals surface area contributed by atoms with Gasteiger partial charge in [-0.2, -0.15) is 0 Å². The first kappa shape index (κ1) is 25.1. The van der Waals surface area contributed by atoms with E-state index in [1.165, 1.54) is 4.68 Å². The van der Waals surface area contributed by atoms with Gasteiger partial charge in [-0.3, -0.25) is 14.6 Å². The zero-order chi connectivity index (χ0) is 26.0. The van der Waals surface area contributed by atoms with Gasteiger partial charge in [0.1, 0.15) is 11.1 Å². The van der Waals surface area contributed by atoms with Crippen LogP contribution in [0.3, 0.4) is 0 Å². The SMILES string of the molecule is CC(C)(C)OC(=O)[C@H]1[C@H](Cn2nnc3ccccc3c2=O)CC[C@@H]1Sc1ccc(-c2ccncc2)cc1. The molecule has 37 heavy (non-hydrogen) atoms. The molecule has 0 bridgehead atoms. The van der Waals surface area contributed by atoms with Gasteiger partial charge >= 0.3 is 5.97 Å². The molecule has 190 valence electrons. The molecule has 2 heterocycles. The van der Waals surface area contributed by atoms with E-state index in [0.29, 0.717) is 17.4 Å². The first-order valence-electron chi connectivity index (χ1n) is 12.5. The molecule has 5 rings (SSSR count). The Bertz CT molecular complexity index is 1450. The van der Waals surface area contributed by atoms with Crippen molar-refractivity contribution in [1.82, 2.24) is 20.0 Å². The Morgan fingerprint density at radius 2 is 1.70 bits per heavy atom.